The van der Waals surface area contributed by atoms with Gasteiger partial charge in [0.2, 0.25) is 5.89 Å². The quantitative estimate of drug-likeness (QED) is 0.870. The summed E-state index contributed by atoms with van der Waals surface area (Å²) in [5.74, 6) is 2.81. The number of hydrogen-bond donors (Lipinski definition) is 0. The highest BCUT2D eigenvalue weighted by molar-refractivity contribution is 7.84. The van der Waals surface area contributed by atoms with Gasteiger partial charge in [-0.1, -0.05) is 0 Å². The van der Waals surface area contributed by atoms with Crippen molar-refractivity contribution >= 4 is 10.8 Å². The Labute approximate surface area is 119 Å². The van der Waals surface area contributed by atoms with Crippen LogP contribution in [0.1, 0.15) is 18.1 Å². The second-order valence-corrected chi connectivity index (χ2v) is 5.96. The summed E-state index contributed by atoms with van der Waals surface area (Å²) in [6.45, 7) is 3.07. The van der Waals surface area contributed by atoms with E-state index in [4.69, 9.17) is 13.9 Å². The minimum Gasteiger partial charge on any atom is -0.490 e. The van der Waals surface area contributed by atoms with Crippen molar-refractivity contribution < 1.29 is 18.1 Å². The summed E-state index contributed by atoms with van der Waals surface area (Å²) in [4.78, 5) is 4.75. The van der Waals surface area contributed by atoms with Crippen molar-refractivity contribution in [2.75, 3.05) is 13.2 Å². The highest BCUT2D eigenvalue weighted by Crippen LogP contribution is 2.31. The average Bonchev–Trinajstić information content (AvgIpc) is 2.72. The molecule has 0 amide bonds. The predicted molar refractivity (Wildman–Crippen MR) is 73.4 cm³/mol. The number of rotatable bonds is 3. The second-order valence-electron chi connectivity index (χ2n) is 4.51. The predicted octanol–water partition coefficient (Wildman–Crippen LogP) is 2.45. The smallest absolute Gasteiger partial charge is 0.207 e. The Morgan fingerprint density at radius 3 is 2.80 bits per heavy atom. The maximum atomic E-state index is 12.3. The summed E-state index contributed by atoms with van der Waals surface area (Å²) in [7, 11) is -1.22. The van der Waals surface area contributed by atoms with E-state index in [0.717, 1.165) is 12.2 Å². The van der Waals surface area contributed by atoms with Crippen molar-refractivity contribution in [1.29, 1.82) is 0 Å². The fourth-order valence-corrected chi connectivity index (χ4v) is 2.93. The fraction of sp³-hybridized carbons (Fsp3) is 0.357. The Balaban J connectivity index is 1.79. The van der Waals surface area contributed by atoms with Gasteiger partial charge in [0.25, 0.3) is 0 Å². The number of oxazole rings is 1. The van der Waals surface area contributed by atoms with E-state index >= 15 is 0 Å². The molecule has 1 aliphatic rings. The van der Waals surface area contributed by atoms with E-state index < -0.39 is 10.8 Å². The Morgan fingerprint density at radius 2 is 2.05 bits per heavy atom. The van der Waals surface area contributed by atoms with Gasteiger partial charge in [0, 0.05) is 17.4 Å². The molecule has 0 aliphatic carbocycles. The highest BCUT2D eigenvalue weighted by atomic mass is 32.2. The van der Waals surface area contributed by atoms with E-state index in [-0.39, 0.29) is 5.75 Å². The number of aromatic nitrogens is 1. The third kappa shape index (κ3) is 2.85. The van der Waals surface area contributed by atoms with Crippen molar-refractivity contribution in [3.8, 4) is 11.5 Å². The number of benzene rings is 1. The van der Waals surface area contributed by atoms with E-state index in [0.29, 0.717) is 35.5 Å². The number of ether oxygens (including phenoxy) is 2. The molecule has 1 aromatic carbocycles. The van der Waals surface area contributed by atoms with Crippen LogP contribution >= 0.6 is 0 Å². The topological polar surface area (TPSA) is 61.6 Å². The van der Waals surface area contributed by atoms with Gasteiger partial charge in [-0.2, -0.15) is 0 Å². The Bertz CT molecular complexity index is 638. The van der Waals surface area contributed by atoms with E-state index in [2.05, 4.69) is 4.98 Å². The van der Waals surface area contributed by atoms with Gasteiger partial charge in [-0.3, -0.25) is 4.21 Å². The van der Waals surface area contributed by atoms with Gasteiger partial charge >= 0.3 is 0 Å². The van der Waals surface area contributed by atoms with Crippen molar-refractivity contribution in [2.24, 2.45) is 0 Å². The van der Waals surface area contributed by atoms with E-state index in [9.17, 15) is 4.21 Å². The summed E-state index contributed by atoms with van der Waals surface area (Å²) in [5.41, 5.74) is 0. The molecule has 106 valence electrons. The lowest BCUT2D eigenvalue weighted by atomic mass is 10.3. The molecule has 1 aliphatic heterocycles. The van der Waals surface area contributed by atoms with Gasteiger partial charge in [0.15, 0.2) is 11.5 Å². The standard InChI is InChI=1S/C14H15NO4S/c1-10-8-15-14(19-10)9-20(16)11-3-4-12-13(7-11)18-6-2-5-17-12/h3-4,7-8H,2,5-6,9H2,1H3/t20-/m1/s1. The molecule has 1 aromatic heterocycles. The van der Waals surface area contributed by atoms with E-state index in [1.807, 2.05) is 6.92 Å². The molecule has 3 rings (SSSR count). The van der Waals surface area contributed by atoms with Crippen LogP contribution in [0.3, 0.4) is 0 Å². The van der Waals surface area contributed by atoms with Crippen molar-refractivity contribution in [2.45, 2.75) is 24.0 Å². The second kappa shape index (κ2) is 5.66. The van der Waals surface area contributed by atoms with Crippen molar-refractivity contribution in [3.05, 3.63) is 36.0 Å². The molecule has 0 N–H and O–H groups in total. The first-order chi connectivity index (χ1) is 9.72. The third-order valence-electron chi connectivity index (χ3n) is 2.91. The molecule has 20 heavy (non-hydrogen) atoms. The lowest BCUT2D eigenvalue weighted by Crippen LogP contribution is -1.99. The maximum absolute atomic E-state index is 12.3. The fourth-order valence-electron chi connectivity index (χ4n) is 1.95. The zero-order chi connectivity index (χ0) is 13.9. The molecule has 6 heteroatoms. The van der Waals surface area contributed by atoms with Crippen LogP contribution in [-0.2, 0) is 16.6 Å². The molecule has 2 aromatic rings. The SMILES string of the molecule is Cc1cnc(C[S@@](=O)c2ccc3c(c2)OCCCO3)o1. The molecule has 0 fully saturated rings. The van der Waals surface area contributed by atoms with Crippen LogP contribution in [0.4, 0.5) is 0 Å². The van der Waals surface area contributed by atoms with Gasteiger partial charge in [-0.05, 0) is 19.1 Å². The summed E-state index contributed by atoms with van der Waals surface area (Å²) in [6, 6.07) is 5.36. The Morgan fingerprint density at radius 1 is 1.25 bits per heavy atom. The molecule has 1 atom stereocenters. The lowest BCUT2D eigenvalue weighted by Gasteiger charge is -2.08. The van der Waals surface area contributed by atoms with Gasteiger partial charge < -0.3 is 13.9 Å². The molecule has 0 unspecified atom stereocenters. The first kappa shape index (κ1) is 13.2. The summed E-state index contributed by atoms with van der Waals surface area (Å²) < 4.78 is 28.8. The van der Waals surface area contributed by atoms with Gasteiger partial charge in [0.1, 0.15) is 11.5 Å². The minimum atomic E-state index is -1.22. The van der Waals surface area contributed by atoms with Crippen molar-refractivity contribution in [3.63, 3.8) is 0 Å². The Kier molecular flexibility index (Phi) is 3.73. The van der Waals surface area contributed by atoms with E-state index in [1.165, 1.54) is 0 Å². The largest absolute Gasteiger partial charge is 0.490 e. The Hall–Kier alpha value is -1.82. The third-order valence-corrected chi connectivity index (χ3v) is 4.19. The van der Waals surface area contributed by atoms with Crippen LogP contribution in [0, 0.1) is 6.92 Å². The molecule has 0 bridgehead atoms. The van der Waals surface area contributed by atoms with Crippen LogP contribution in [0.25, 0.3) is 0 Å². The van der Waals surface area contributed by atoms with Gasteiger partial charge in [-0.15, -0.1) is 0 Å². The normalized spacial score (nSPS) is 15.7. The molecule has 0 saturated heterocycles. The summed E-state index contributed by atoms with van der Waals surface area (Å²) in [5, 5.41) is 0. The number of aryl methyl sites for hydroxylation is 1. The minimum absolute atomic E-state index is 0.257. The molecular formula is C14H15NO4S. The average molecular weight is 293 g/mol. The van der Waals surface area contributed by atoms with Crippen LogP contribution in [0.15, 0.2) is 33.7 Å². The molecular weight excluding hydrogens is 278 g/mol. The lowest BCUT2D eigenvalue weighted by molar-refractivity contribution is 0.297. The van der Waals surface area contributed by atoms with E-state index in [1.54, 1.807) is 24.4 Å². The van der Waals surface area contributed by atoms with Crippen LogP contribution in [-0.4, -0.2) is 22.4 Å². The highest BCUT2D eigenvalue weighted by Gasteiger charge is 2.15. The van der Waals surface area contributed by atoms with Gasteiger partial charge in [0.05, 0.1) is 30.2 Å². The van der Waals surface area contributed by atoms with Crippen LogP contribution in [0.5, 0.6) is 11.5 Å². The molecule has 2 heterocycles. The van der Waals surface area contributed by atoms with Crippen LogP contribution in [0.2, 0.25) is 0 Å². The summed E-state index contributed by atoms with van der Waals surface area (Å²) in [6.07, 6.45) is 2.48. The molecule has 5 nitrogen and oxygen atoms in total. The molecule has 0 saturated carbocycles. The van der Waals surface area contributed by atoms with Crippen molar-refractivity contribution in [1.82, 2.24) is 4.98 Å². The first-order valence-corrected chi connectivity index (χ1v) is 7.73. The molecule has 0 radical (unpaired) electrons. The number of fused-ring (bicyclic) bond motifs is 1. The number of hydrogen-bond acceptors (Lipinski definition) is 5. The summed E-state index contributed by atoms with van der Waals surface area (Å²) >= 11 is 0. The first-order valence-electron chi connectivity index (χ1n) is 6.42. The monoisotopic (exact) mass is 293 g/mol. The van der Waals surface area contributed by atoms with Crippen LogP contribution < -0.4 is 9.47 Å². The number of nitrogens with zero attached hydrogens (tertiary/aromatic N) is 1. The zero-order valence-corrected chi connectivity index (χ0v) is 11.9. The van der Waals surface area contributed by atoms with Gasteiger partial charge in [-0.25, -0.2) is 4.98 Å². The molecule has 0 spiro atoms. The zero-order valence-electron chi connectivity index (χ0n) is 11.1. The maximum Gasteiger partial charge on any atom is 0.207 e.